The second-order valence-corrected chi connectivity index (χ2v) is 10.2. The molecule has 2 aromatic carbocycles. The molecule has 0 saturated carbocycles. The number of likely N-dealkylation sites (tertiary alicyclic amines) is 1. The van der Waals surface area contributed by atoms with Crippen molar-refractivity contribution in [3.05, 3.63) is 53.1 Å². The first-order valence-corrected chi connectivity index (χ1v) is 12.5. The number of carbonyl (C=O) groups is 1. The number of carbonyl (C=O) groups excluding carboxylic acids is 1. The van der Waals surface area contributed by atoms with Crippen LogP contribution >= 0.6 is 11.8 Å². The number of hydrogen-bond donors (Lipinski definition) is 1. The monoisotopic (exact) mass is 432 g/mol. The van der Waals surface area contributed by atoms with E-state index in [4.69, 9.17) is 0 Å². The highest BCUT2D eigenvalue weighted by molar-refractivity contribution is 7.98. The van der Waals surface area contributed by atoms with E-state index in [9.17, 15) is 13.2 Å². The minimum Gasteiger partial charge on any atom is -0.339 e. The molecule has 0 aliphatic carbocycles. The van der Waals surface area contributed by atoms with Gasteiger partial charge in [-0.3, -0.25) is 9.52 Å². The molecule has 1 amide bonds. The lowest BCUT2D eigenvalue weighted by molar-refractivity contribution is 0.0693. The molecule has 0 unspecified atom stereocenters. The Labute approximate surface area is 177 Å². The molecule has 7 heteroatoms. The Kier molecular flexibility index (Phi) is 6.58. The molecule has 1 N–H and O–H groups in total. The van der Waals surface area contributed by atoms with Crippen LogP contribution in [-0.4, -0.2) is 38.6 Å². The molecule has 156 valence electrons. The Morgan fingerprint density at radius 1 is 1.14 bits per heavy atom. The highest BCUT2D eigenvalue weighted by atomic mass is 32.2. The van der Waals surface area contributed by atoms with E-state index < -0.39 is 10.0 Å². The lowest BCUT2D eigenvalue weighted by Crippen LogP contribution is -2.38. The molecule has 1 heterocycles. The van der Waals surface area contributed by atoms with Crippen LogP contribution in [0.5, 0.6) is 0 Å². The maximum Gasteiger partial charge on any atom is 0.261 e. The lowest BCUT2D eigenvalue weighted by atomic mass is 9.98. The fraction of sp³-hybridized carbons (Fsp3) is 0.409. The minimum atomic E-state index is -3.80. The quantitative estimate of drug-likeness (QED) is 0.696. The van der Waals surface area contributed by atoms with Crippen molar-refractivity contribution >= 4 is 33.4 Å². The van der Waals surface area contributed by atoms with Crippen molar-refractivity contribution in [2.24, 2.45) is 5.92 Å². The first-order valence-electron chi connectivity index (χ1n) is 9.79. The van der Waals surface area contributed by atoms with Crippen LogP contribution in [0.15, 0.2) is 46.2 Å². The first kappa shape index (κ1) is 21.7. The van der Waals surface area contributed by atoms with E-state index in [1.807, 2.05) is 37.1 Å². The van der Waals surface area contributed by atoms with Crippen LogP contribution in [-0.2, 0) is 10.0 Å². The summed E-state index contributed by atoms with van der Waals surface area (Å²) in [6.45, 7) is 7.45. The molecular weight excluding hydrogens is 404 g/mol. The van der Waals surface area contributed by atoms with Gasteiger partial charge in [-0.2, -0.15) is 0 Å². The third-order valence-corrected chi connectivity index (χ3v) is 7.79. The number of amides is 1. The normalized spacial score (nSPS) is 15.4. The molecule has 0 atom stereocenters. The highest BCUT2D eigenvalue weighted by Crippen LogP contribution is 2.28. The Balaban J connectivity index is 1.93. The van der Waals surface area contributed by atoms with Crippen LogP contribution in [0.1, 0.15) is 41.3 Å². The predicted octanol–water partition coefficient (Wildman–Crippen LogP) is 4.70. The molecule has 0 spiro atoms. The summed E-state index contributed by atoms with van der Waals surface area (Å²) in [4.78, 5) is 15.8. The van der Waals surface area contributed by atoms with E-state index in [0.29, 0.717) is 30.3 Å². The topological polar surface area (TPSA) is 66.5 Å². The Morgan fingerprint density at radius 3 is 2.48 bits per heavy atom. The number of nitrogens with one attached hydrogen (secondary N) is 1. The van der Waals surface area contributed by atoms with Crippen molar-refractivity contribution in [1.82, 2.24) is 4.90 Å². The fourth-order valence-corrected chi connectivity index (χ4v) is 5.19. The zero-order chi connectivity index (χ0) is 21.2. The van der Waals surface area contributed by atoms with E-state index in [1.165, 1.54) is 17.8 Å². The average Bonchev–Trinajstić information content (AvgIpc) is 2.71. The number of aryl methyl sites for hydroxylation is 1. The maximum absolute atomic E-state index is 13.1. The number of hydrogen-bond acceptors (Lipinski definition) is 4. The van der Waals surface area contributed by atoms with Crippen LogP contribution < -0.4 is 4.72 Å². The van der Waals surface area contributed by atoms with E-state index in [-0.39, 0.29) is 10.8 Å². The van der Waals surface area contributed by atoms with Gasteiger partial charge in [0.15, 0.2) is 0 Å². The summed E-state index contributed by atoms with van der Waals surface area (Å²) in [5.74, 6) is 0.526. The third kappa shape index (κ3) is 4.78. The zero-order valence-corrected chi connectivity index (χ0v) is 19.0. The summed E-state index contributed by atoms with van der Waals surface area (Å²) < 4.78 is 28.7. The van der Waals surface area contributed by atoms with Crippen LogP contribution in [0.2, 0.25) is 0 Å². The van der Waals surface area contributed by atoms with Gasteiger partial charge in [-0.15, -0.1) is 11.8 Å². The maximum atomic E-state index is 13.1. The van der Waals surface area contributed by atoms with Gasteiger partial charge in [0, 0.05) is 18.0 Å². The number of thioether (sulfide) groups is 1. The molecule has 0 radical (unpaired) electrons. The van der Waals surface area contributed by atoms with Gasteiger partial charge >= 0.3 is 0 Å². The summed E-state index contributed by atoms with van der Waals surface area (Å²) in [5, 5.41) is 0. The van der Waals surface area contributed by atoms with Crippen molar-refractivity contribution in [2.75, 3.05) is 24.1 Å². The number of piperidine rings is 1. The highest BCUT2D eigenvalue weighted by Gasteiger charge is 2.25. The van der Waals surface area contributed by atoms with Gasteiger partial charge < -0.3 is 4.90 Å². The van der Waals surface area contributed by atoms with Gasteiger partial charge in [-0.05, 0) is 74.3 Å². The number of benzene rings is 2. The van der Waals surface area contributed by atoms with Gasteiger partial charge in [0.05, 0.1) is 16.1 Å². The number of anilines is 1. The number of nitrogens with zero attached hydrogens (tertiary/aromatic N) is 1. The Bertz CT molecular complexity index is 1010. The van der Waals surface area contributed by atoms with Crippen molar-refractivity contribution in [3.8, 4) is 0 Å². The number of sulfonamides is 1. The first-order chi connectivity index (χ1) is 13.7. The molecule has 1 aliphatic heterocycles. The summed E-state index contributed by atoms with van der Waals surface area (Å²) in [6, 6.07) is 10.3. The summed E-state index contributed by atoms with van der Waals surface area (Å²) in [5.41, 5.74) is 2.90. The van der Waals surface area contributed by atoms with Gasteiger partial charge in [0.25, 0.3) is 15.9 Å². The van der Waals surface area contributed by atoms with E-state index in [2.05, 4.69) is 11.6 Å². The molecule has 1 fully saturated rings. The fourth-order valence-electron chi connectivity index (χ4n) is 3.47. The molecule has 0 bridgehead atoms. The minimum absolute atomic E-state index is 0.0926. The van der Waals surface area contributed by atoms with Crippen molar-refractivity contribution < 1.29 is 13.2 Å². The standard InChI is InChI=1S/C22H28N2O3S2/c1-15-10-12-24(13-11-15)22(25)19-14-18(8-9-21(19)28-4)29(26,27)23-20-7-5-6-16(2)17(20)3/h5-9,14-15,23H,10-13H2,1-4H3. The molecule has 29 heavy (non-hydrogen) atoms. The van der Waals surface area contributed by atoms with E-state index in [1.54, 1.807) is 18.2 Å². The van der Waals surface area contributed by atoms with Gasteiger partial charge in [-0.25, -0.2) is 8.42 Å². The second kappa shape index (κ2) is 8.79. The number of rotatable bonds is 5. The smallest absolute Gasteiger partial charge is 0.261 e. The summed E-state index contributed by atoms with van der Waals surface area (Å²) in [7, 11) is -3.80. The van der Waals surface area contributed by atoms with Crippen LogP contribution in [0.25, 0.3) is 0 Å². The molecule has 3 rings (SSSR count). The Morgan fingerprint density at radius 2 is 1.83 bits per heavy atom. The van der Waals surface area contributed by atoms with Gasteiger partial charge in [0.1, 0.15) is 0 Å². The SMILES string of the molecule is CSc1ccc(S(=O)(=O)Nc2cccc(C)c2C)cc1C(=O)N1CCC(C)CC1. The van der Waals surface area contributed by atoms with Crippen molar-refractivity contribution in [3.63, 3.8) is 0 Å². The van der Waals surface area contributed by atoms with Crippen LogP contribution in [0.4, 0.5) is 5.69 Å². The van der Waals surface area contributed by atoms with E-state index in [0.717, 1.165) is 28.9 Å². The third-order valence-electron chi connectivity index (χ3n) is 5.63. The second-order valence-electron chi connectivity index (χ2n) is 7.69. The van der Waals surface area contributed by atoms with Crippen molar-refractivity contribution in [1.29, 1.82) is 0 Å². The molecule has 1 saturated heterocycles. The van der Waals surface area contributed by atoms with Crippen molar-refractivity contribution in [2.45, 2.75) is 43.4 Å². The largest absolute Gasteiger partial charge is 0.339 e. The molecule has 0 aromatic heterocycles. The molecule has 2 aromatic rings. The summed E-state index contributed by atoms with van der Waals surface area (Å²) in [6.07, 6.45) is 3.85. The predicted molar refractivity (Wildman–Crippen MR) is 119 cm³/mol. The zero-order valence-electron chi connectivity index (χ0n) is 17.4. The van der Waals surface area contributed by atoms with Crippen LogP contribution in [0, 0.1) is 19.8 Å². The molecule has 1 aliphatic rings. The lowest BCUT2D eigenvalue weighted by Gasteiger charge is -2.30. The summed E-state index contributed by atoms with van der Waals surface area (Å²) >= 11 is 1.45. The molecule has 5 nitrogen and oxygen atoms in total. The Hall–Kier alpha value is -1.99. The van der Waals surface area contributed by atoms with Crippen LogP contribution in [0.3, 0.4) is 0 Å². The average molecular weight is 433 g/mol. The van der Waals surface area contributed by atoms with Gasteiger partial charge in [0.2, 0.25) is 0 Å². The van der Waals surface area contributed by atoms with Gasteiger partial charge in [-0.1, -0.05) is 19.1 Å². The molecular formula is C22H28N2O3S2. The van der Waals surface area contributed by atoms with E-state index >= 15 is 0 Å².